The number of para-hydroxylation sites is 3. The number of rotatable bonds is 0. The van der Waals surface area contributed by atoms with Crippen molar-refractivity contribution in [2.75, 3.05) is 0 Å². The van der Waals surface area contributed by atoms with Crippen LogP contribution >= 0.6 is 0 Å². The number of benzene rings is 6. The molecule has 0 bridgehead atoms. The van der Waals surface area contributed by atoms with Crippen molar-refractivity contribution >= 4 is 76.7 Å². The molecule has 2 aliphatic rings. The van der Waals surface area contributed by atoms with Crippen LogP contribution in [-0.4, -0.2) is 8.97 Å². The van der Waals surface area contributed by atoms with E-state index in [1.54, 1.807) is 0 Å². The molecule has 3 aromatic heterocycles. The van der Waals surface area contributed by atoms with Crippen LogP contribution in [0.25, 0.3) is 76.7 Å². The standard InChI is InChI=1S/C29H18N2.C14H12/c1-30-23-11-4-3-8-21(23)27-18-14-16-26-28(19(18)13-15-25(27)30)22-10-6-9-20-17-7-2-5-12-24(17)31(26)29(20)22;1-3-7-13-11(5-1)9-10-12-6-2-4-8-14(12)13/h2-16H,1H3;1-11,13H. The van der Waals surface area contributed by atoms with Gasteiger partial charge in [-0.3, -0.25) is 0 Å². The molecule has 3 heterocycles. The molecule has 2 atom stereocenters. The average Bonchev–Trinajstić information content (AvgIpc) is 3.74. The zero-order valence-corrected chi connectivity index (χ0v) is 25.0. The Labute approximate surface area is 260 Å². The molecule has 0 N–H and O–H groups in total. The van der Waals surface area contributed by atoms with Gasteiger partial charge in [-0.2, -0.15) is 0 Å². The van der Waals surface area contributed by atoms with Crippen molar-refractivity contribution < 1.29 is 0 Å². The van der Waals surface area contributed by atoms with Gasteiger partial charge in [0.15, 0.2) is 0 Å². The normalized spacial score (nSPS) is 17.2. The molecule has 0 fully saturated rings. The predicted octanol–water partition coefficient (Wildman–Crippen LogP) is 11.2. The summed E-state index contributed by atoms with van der Waals surface area (Å²) >= 11 is 0. The van der Waals surface area contributed by atoms with Crippen LogP contribution in [-0.2, 0) is 7.05 Å². The Kier molecular flexibility index (Phi) is 5.07. The first-order valence-electron chi connectivity index (χ1n) is 15.9. The summed E-state index contributed by atoms with van der Waals surface area (Å²) in [6, 6.07) is 42.2. The molecular weight excluding hydrogens is 544 g/mol. The van der Waals surface area contributed by atoms with E-state index in [0.717, 1.165) is 0 Å². The highest BCUT2D eigenvalue weighted by molar-refractivity contribution is 6.32. The highest BCUT2D eigenvalue weighted by Crippen LogP contribution is 2.44. The van der Waals surface area contributed by atoms with E-state index in [0.29, 0.717) is 11.8 Å². The average molecular weight is 575 g/mol. The fourth-order valence-corrected chi connectivity index (χ4v) is 8.29. The summed E-state index contributed by atoms with van der Waals surface area (Å²) in [5.41, 5.74) is 9.31. The van der Waals surface area contributed by atoms with E-state index in [1.165, 1.54) is 81.8 Å². The van der Waals surface area contributed by atoms with Gasteiger partial charge >= 0.3 is 0 Å². The number of fused-ring (bicyclic) bond motifs is 15. The van der Waals surface area contributed by atoms with Gasteiger partial charge in [-0.25, -0.2) is 0 Å². The minimum Gasteiger partial charge on any atom is -0.344 e. The maximum Gasteiger partial charge on any atom is 0.0620 e. The smallest absolute Gasteiger partial charge is 0.0620 e. The summed E-state index contributed by atoms with van der Waals surface area (Å²) < 4.78 is 4.77. The van der Waals surface area contributed by atoms with Crippen molar-refractivity contribution in [3.63, 3.8) is 0 Å². The highest BCUT2D eigenvalue weighted by atomic mass is 14.9. The molecule has 6 aromatic carbocycles. The maximum atomic E-state index is 2.46. The van der Waals surface area contributed by atoms with Gasteiger partial charge in [-0.05, 0) is 46.2 Å². The molecule has 9 aromatic rings. The third-order valence-corrected chi connectivity index (χ3v) is 10.3. The second kappa shape index (κ2) is 9.20. The molecule has 2 aliphatic carbocycles. The number of nitrogens with zero attached hydrogens (tertiary/aromatic N) is 2. The van der Waals surface area contributed by atoms with Crippen molar-refractivity contribution in [3.05, 3.63) is 157 Å². The molecule has 2 heteroatoms. The molecule has 0 spiro atoms. The Bertz CT molecular complexity index is 2730. The first-order valence-corrected chi connectivity index (χ1v) is 15.9. The zero-order valence-electron chi connectivity index (χ0n) is 25.0. The minimum atomic E-state index is 0.557. The van der Waals surface area contributed by atoms with Crippen LogP contribution in [0.1, 0.15) is 17.0 Å². The molecule has 212 valence electrons. The summed E-state index contributed by atoms with van der Waals surface area (Å²) in [5.74, 6) is 1.12. The van der Waals surface area contributed by atoms with E-state index >= 15 is 0 Å². The molecule has 0 radical (unpaired) electrons. The van der Waals surface area contributed by atoms with Crippen molar-refractivity contribution in [2.45, 2.75) is 5.92 Å². The highest BCUT2D eigenvalue weighted by Gasteiger charge is 2.23. The monoisotopic (exact) mass is 574 g/mol. The van der Waals surface area contributed by atoms with Crippen molar-refractivity contribution in [1.29, 1.82) is 0 Å². The third-order valence-electron chi connectivity index (χ3n) is 10.3. The lowest BCUT2D eigenvalue weighted by molar-refractivity contribution is 0.692. The van der Waals surface area contributed by atoms with E-state index in [9.17, 15) is 0 Å². The van der Waals surface area contributed by atoms with E-state index in [4.69, 9.17) is 0 Å². The van der Waals surface area contributed by atoms with Gasteiger partial charge in [0.05, 0.1) is 16.6 Å². The van der Waals surface area contributed by atoms with Gasteiger partial charge in [0.2, 0.25) is 0 Å². The van der Waals surface area contributed by atoms with Crippen molar-refractivity contribution in [1.82, 2.24) is 8.97 Å². The van der Waals surface area contributed by atoms with Crippen LogP contribution in [0.3, 0.4) is 0 Å². The Morgan fingerprint density at radius 2 is 1.13 bits per heavy atom. The summed E-state index contributed by atoms with van der Waals surface area (Å²) in [6.45, 7) is 0. The molecule has 0 aliphatic heterocycles. The van der Waals surface area contributed by atoms with Crippen molar-refractivity contribution in [3.8, 4) is 0 Å². The second-order valence-corrected chi connectivity index (χ2v) is 12.5. The fraction of sp³-hybridized carbons (Fsp3) is 0.0698. The van der Waals surface area contributed by atoms with Gasteiger partial charge < -0.3 is 8.97 Å². The Morgan fingerprint density at radius 3 is 2.02 bits per heavy atom. The lowest BCUT2D eigenvalue weighted by Gasteiger charge is -2.27. The molecular formula is C43H30N2. The molecule has 0 amide bonds. The molecule has 2 nitrogen and oxygen atoms in total. The number of aromatic nitrogens is 2. The number of aryl methyl sites for hydroxylation is 1. The number of allylic oxidation sites excluding steroid dienone is 5. The van der Waals surface area contributed by atoms with Crippen molar-refractivity contribution in [2.24, 2.45) is 13.0 Å². The summed E-state index contributed by atoms with van der Waals surface area (Å²) in [6.07, 6.45) is 13.4. The first kappa shape index (κ1) is 24.8. The van der Waals surface area contributed by atoms with Gasteiger partial charge in [0, 0.05) is 62.2 Å². The van der Waals surface area contributed by atoms with Crippen LogP contribution in [0.15, 0.2) is 146 Å². The number of hydrogen-bond acceptors (Lipinski definition) is 0. The summed E-state index contributed by atoms with van der Waals surface area (Å²) in [4.78, 5) is 0. The molecule has 0 saturated heterocycles. The number of hydrogen-bond donors (Lipinski definition) is 0. The lowest BCUT2D eigenvalue weighted by atomic mass is 9.77. The third kappa shape index (κ3) is 3.34. The van der Waals surface area contributed by atoms with E-state index < -0.39 is 0 Å². The zero-order chi connectivity index (χ0) is 29.6. The van der Waals surface area contributed by atoms with Crippen LogP contribution < -0.4 is 0 Å². The summed E-state index contributed by atoms with van der Waals surface area (Å²) in [5, 5.41) is 10.7. The fourth-order valence-electron chi connectivity index (χ4n) is 8.29. The second-order valence-electron chi connectivity index (χ2n) is 12.5. The molecule has 0 saturated carbocycles. The van der Waals surface area contributed by atoms with E-state index in [1.807, 2.05) is 0 Å². The SMILES string of the molecule is C1=CC2C=Cc3ccccc3C2C=C1.Cn1c2ccccc2c2c3ccc4c(c3ccc21)c1cccc2c3ccccc3n4c21. The quantitative estimate of drug-likeness (QED) is 0.170. The van der Waals surface area contributed by atoms with Gasteiger partial charge in [-0.15, -0.1) is 0 Å². The van der Waals surface area contributed by atoms with Gasteiger partial charge in [-0.1, -0.05) is 127 Å². The first-order chi connectivity index (χ1) is 22.3. The topological polar surface area (TPSA) is 9.34 Å². The van der Waals surface area contributed by atoms with Crippen LogP contribution in [0.2, 0.25) is 0 Å². The predicted molar refractivity (Wildman–Crippen MR) is 193 cm³/mol. The van der Waals surface area contributed by atoms with Gasteiger partial charge in [0.25, 0.3) is 0 Å². The van der Waals surface area contributed by atoms with Crippen LogP contribution in [0.5, 0.6) is 0 Å². The molecule has 11 rings (SSSR count). The largest absolute Gasteiger partial charge is 0.344 e. The van der Waals surface area contributed by atoms with Crippen LogP contribution in [0, 0.1) is 5.92 Å². The molecule has 45 heavy (non-hydrogen) atoms. The Hall–Kier alpha value is -5.60. The Morgan fingerprint density at radius 1 is 0.467 bits per heavy atom. The Balaban J connectivity index is 0.000000159. The van der Waals surface area contributed by atoms with E-state index in [-0.39, 0.29) is 0 Å². The lowest BCUT2D eigenvalue weighted by Crippen LogP contribution is -2.12. The maximum absolute atomic E-state index is 2.46. The molecule has 2 unspecified atom stereocenters. The van der Waals surface area contributed by atoms with Gasteiger partial charge in [0.1, 0.15) is 0 Å². The van der Waals surface area contributed by atoms with Crippen LogP contribution in [0.4, 0.5) is 0 Å². The minimum absolute atomic E-state index is 0.557. The summed E-state index contributed by atoms with van der Waals surface area (Å²) in [7, 11) is 2.17. The van der Waals surface area contributed by atoms with E-state index in [2.05, 4.69) is 168 Å².